The van der Waals surface area contributed by atoms with Crippen LogP contribution in [-0.2, 0) is 6.42 Å². The molecule has 0 aliphatic heterocycles. The summed E-state index contributed by atoms with van der Waals surface area (Å²) in [4.78, 5) is 3.70. The molecule has 0 spiro atoms. The van der Waals surface area contributed by atoms with E-state index in [2.05, 4.69) is 10.3 Å². The third kappa shape index (κ3) is 2.22. The smallest absolute Gasteiger partial charge is 0.192 e. The highest BCUT2D eigenvalue weighted by atomic mass is 19.1. The average molecular weight is 195 g/mol. The molecular weight excluding hydrogens is 181 g/mol. The first-order valence-electron chi connectivity index (χ1n) is 4.45. The predicted molar refractivity (Wildman–Crippen MR) is 56.9 cm³/mol. The molecule has 0 aromatic heterocycles. The third-order valence-electron chi connectivity index (χ3n) is 1.96. The molecule has 0 aliphatic carbocycles. The quantitative estimate of drug-likeness (QED) is 0.558. The number of benzene rings is 1. The Labute approximate surface area is 82.8 Å². The summed E-state index contributed by atoms with van der Waals surface area (Å²) in [7, 11) is 1.55. The minimum atomic E-state index is -0.262. The molecule has 1 aromatic carbocycles. The maximum Gasteiger partial charge on any atom is 0.192 e. The maximum atomic E-state index is 13.6. The van der Waals surface area contributed by atoms with E-state index in [-0.39, 0.29) is 11.8 Å². The molecule has 0 unspecified atom stereocenters. The van der Waals surface area contributed by atoms with Crippen molar-refractivity contribution in [2.24, 2.45) is 10.7 Å². The van der Waals surface area contributed by atoms with Crippen molar-refractivity contribution >= 4 is 11.6 Å². The number of aryl methyl sites for hydroxylation is 1. The summed E-state index contributed by atoms with van der Waals surface area (Å²) in [5.41, 5.74) is 6.47. The summed E-state index contributed by atoms with van der Waals surface area (Å²) in [5.74, 6) is -0.0567. The zero-order valence-electron chi connectivity index (χ0n) is 8.34. The lowest BCUT2D eigenvalue weighted by Gasteiger charge is -2.08. The first-order chi connectivity index (χ1) is 6.69. The number of nitrogens with one attached hydrogen (secondary N) is 1. The summed E-state index contributed by atoms with van der Waals surface area (Å²) >= 11 is 0. The Balaban J connectivity index is 2.98. The molecule has 76 valence electrons. The second-order valence-corrected chi connectivity index (χ2v) is 2.87. The van der Waals surface area contributed by atoms with Crippen molar-refractivity contribution in [1.29, 1.82) is 0 Å². The largest absolute Gasteiger partial charge is 0.370 e. The van der Waals surface area contributed by atoms with Crippen LogP contribution in [0.3, 0.4) is 0 Å². The molecule has 14 heavy (non-hydrogen) atoms. The van der Waals surface area contributed by atoms with E-state index in [1.807, 2.05) is 6.92 Å². The van der Waals surface area contributed by atoms with Gasteiger partial charge in [-0.05, 0) is 18.1 Å². The molecule has 0 atom stereocenters. The normalized spacial score (nSPS) is 11.5. The number of aliphatic imine (C=N–C) groups is 1. The number of nitrogens with zero attached hydrogens (tertiary/aromatic N) is 1. The van der Waals surface area contributed by atoms with E-state index in [1.54, 1.807) is 25.2 Å². The molecule has 0 amide bonds. The number of anilines is 1. The molecule has 0 radical (unpaired) electrons. The van der Waals surface area contributed by atoms with Gasteiger partial charge in [0.15, 0.2) is 5.96 Å². The number of nitrogens with two attached hydrogens (primary N) is 1. The Morgan fingerprint density at radius 1 is 1.57 bits per heavy atom. The fourth-order valence-corrected chi connectivity index (χ4v) is 1.14. The van der Waals surface area contributed by atoms with Crippen LogP contribution in [0.4, 0.5) is 10.1 Å². The molecule has 3 N–H and O–H groups in total. The highest BCUT2D eigenvalue weighted by molar-refractivity contribution is 5.92. The number of hydrogen-bond acceptors (Lipinski definition) is 1. The van der Waals surface area contributed by atoms with Gasteiger partial charge in [0, 0.05) is 7.05 Å². The van der Waals surface area contributed by atoms with Crippen molar-refractivity contribution in [3.05, 3.63) is 29.6 Å². The topological polar surface area (TPSA) is 50.4 Å². The van der Waals surface area contributed by atoms with Gasteiger partial charge in [0.2, 0.25) is 0 Å². The zero-order valence-corrected chi connectivity index (χ0v) is 8.34. The van der Waals surface area contributed by atoms with Crippen LogP contribution in [0.25, 0.3) is 0 Å². The molecule has 0 aliphatic rings. The SMILES string of the molecule is CCc1cccc(NC(N)=NC)c1F. The van der Waals surface area contributed by atoms with Gasteiger partial charge in [-0.1, -0.05) is 19.1 Å². The van der Waals surface area contributed by atoms with E-state index >= 15 is 0 Å². The van der Waals surface area contributed by atoms with Crippen molar-refractivity contribution in [1.82, 2.24) is 0 Å². The number of hydrogen-bond donors (Lipinski definition) is 2. The van der Waals surface area contributed by atoms with Gasteiger partial charge in [0.1, 0.15) is 5.82 Å². The van der Waals surface area contributed by atoms with E-state index in [0.717, 1.165) is 0 Å². The van der Waals surface area contributed by atoms with E-state index in [9.17, 15) is 4.39 Å². The molecule has 0 heterocycles. The van der Waals surface area contributed by atoms with Crippen molar-refractivity contribution in [3.63, 3.8) is 0 Å². The Morgan fingerprint density at radius 2 is 2.29 bits per heavy atom. The zero-order chi connectivity index (χ0) is 10.6. The number of halogens is 1. The van der Waals surface area contributed by atoms with Crippen molar-refractivity contribution in [3.8, 4) is 0 Å². The van der Waals surface area contributed by atoms with Gasteiger partial charge >= 0.3 is 0 Å². The van der Waals surface area contributed by atoms with Gasteiger partial charge in [-0.3, -0.25) is 4.99 Å². The first-order valence-corrected chi connectivity index (χ1v) is 4.45. The van der Waals surface area contributed by atoms with Crippen LogP contribution in [0, 0.1) is 5.82 Å². The minimum Gasteiger partial charge on any atom is -0.370 e. The van der Waals surface area contributed by atoms with Gasteiger partial charge in [-0.15, -0.1) is 0 Å². The summed E-state index contributed by atoms with van der Waals surface area (Å²) < 4.78 is 13.6. The van der Waals surface area contributed by atoms with Crippen LogP contribution < -0.4 is 11.1 Å². The van der Waals surface area contributed by atoms with Crippen LogP contribution in [0.1, 0.15) is 12.5 Å². The van der Waals surface area contributed by atoms with Gasteiger partial charge in [0.25, 0.3) is 0 Å². The van der Waals surface area contributed by atoms with Crippen LogP contribution in [0.2, 0.25) is 0 Å². The van der Waals surface area contributed by atoms with Gasteiger partial charge in [0.05, 0.1) is 5.69 Å². The van der Waals surface area contributed by atoms with Gasteiger partial charge < -0.3 is 11.1 Å². The van der Waals surface area contributed by atoms with Crippen LogP contribution in [-0.4, -0.2) is 13.0 Å². The molecule has 0 saturated heterocycles. The first kappa shape index (κ1) is 10.5. The predicted octanol–water partition coefficient (Wildman–Crippen LogP) is 1.74. The Kier molecular flexibility index (Phi) is 3.45. The maximum absolute atomic E-state index is 13.6. The summed E-state index contributed by atoms with van der Waals surface area (Å²) in [6.45, 7) is 1.90. The summed E-state index contributed by atoms with van der Waals surface area (Å²) in [6.07, 6.45) is 0.657. The van der Waals surface area contributed by atoms with E-state index in [4.69, 9.17) is 5.73 Å². The molecule has 0 saturated carbocycles. The van der Waals surface area contributed by atoms with Crippen molar-refractivity contribution < 1.29 is 4.39 Å². The second-order valence-electron chi connectivity index (χ2n) is 2.87. The molecule has 1 rings (SSSR count). The molecule has 3 nitrogen and oxygen atoms in total. The number of guanidine groups is 1. The van der Waals surface area contributed by atoms with Crippen LogP contribution >= 0.6 is 0 Å². The van der Waals surface area contributed by atoms with E-state index in [0.29, 0.717) is 17.7 Å². The molecule has 0 fully saturated rings. The fourth-order valence-electron chi connectivity index (χ4n) is 1.14. The van der Waals surface area contributed by atoms with Gasteiger partial charge in [-0.25, -0.2) is 4.39 Å². The lowest BCUT2D eigenvalue weighted by atomic mass is 10.1. The van der Waals surface area contributed by atoms with Gasteiger partial charge in [-0.2, -0.15) is 0 Å². The van der Waals surface area contributed by atoms with Crippen molar-refractivity contribution in [2.45, 2.75) is 13.3 Å². The van der Waals surface area contributed by atoms with E-state index < -0.39 is 0 Å². The standard InChI is InChI=1S/C10H14FN3/c1-3-7-5-4-6-8(9(7)11)14-10(12)13-2/h4-6H,3H2,1-2H3,(H3,12,13,14). The minimum absolute atomic E-state index is 0.206. The van der Waals surface area contributed by atoms with Crippen molar-refractivity contribution in [2.75, 3.05) is 12.4 Å². The molecule has 1 aromatic rings. The number of rotatable bonds is 2. The Hall–Kier alpha value is -1.58. The Bertz CT molecular complexity index is 347. The Morgan fingerprint density at radius 3 is 2.86 bits per heavy atom. The summed E-state index contributed by atoms with van der Waals surface area (Å²) in [6, 6.07) is 5.17. The lowest BCUT2D eigenvalue weighted by Crippen LogP contribution is -2.22. The molecular formula is C10H14FN3. The third-order valence-corrected chi connectivity index (χ3v) is 1.96. The van der Waals surface area contributed by atoms with Crippen LogP contribution in [0.15, 0.2) is 23.2 Å². The average Bonchev–Trinajstić information content (AvgIpc) is 2.21. The fraction of sp³-hybridized carbons (Fsp3) is 0.300. The lowest BCUT2D eigenvalue weighted by molar-refractivity contribution is 0.616. The van der Waals surface area contributed by atoms with E-state index in [1.165, 1.54) is 0 Å². The summed E-state index contributed by atoms with van der Waals surface area (Å²) in [5, 5.41) is 2.69. The monoisotopic (exact) mass is 195 g/mol. The van der Waals surface area contributed by atoms with Crippen LogP contribution in [0.5, 0.6) is 0 Å². The second kappa shape index (κ2) is 4.60. The molecule has 4 heteroatoms. The highest BCUT2D eigenvalue weighted by Crippen LogP contribution is 2.17. The molecule has 0 bridgehead atoms. The highest BCUT2D eigenvalue weighted by Gasteiger charge is 2.06.